The predicted molar refractivity (Wildman–Crippen MR) is 115 cm³/mol. The highest BCUT2D eigenvalue weighted by Crippen LogP contribution is 2.35. The van der Waals surface area contributed by atoms with Crippen LogP contribution in [0, 0.1) is 11.8 Å². The number of amides is 3. The van der Waals surface area contributed by atoms with Gasteiger partial charge in [0.25, 0.3) is 5.91 Å². The van der Waals surface area contributed by atoms with Crippen LogP contribution < -0.4 is 5.32 Å². The van der Waals surface area contributed by atoms with Crippen molar-refractivity contribution in [1.29, 1.82) is 0 Å². The molecule has 0 saturated carbocycles. The Morgan fingerprint density at radius 3 is 2.26 bits per heavy atom. The van der Waals surface area contributed by atoms with E-state index in [1.807, 2.05) is 12.2 Å². The Labute approximate surface area is 182 Å². The van der Waals surface area contributed by atoms with Crippen molar-refractivity contribution in [2.24, 2.45) is 11.8 Å². The molecule has 1 fully saturated rings. The molecule has 166 valence electrons. The standard InChI is InChI=1S/C24H30N2O5/c1-16(2)18-9-7-17(8-10-18)11-13-25-21(27)15-31-22(28)12-14-26-23(29)19-5-3-4-6-20(19)24(26)30/h3-4,7-10,16,19-20H,5-6,11-15H2,1-2H3,(H,25,27)/t19-,20-/m1/s1. The molecule has 1 aliphatic heterocycles. The summed E-state index contributed by atoms with van der Waals surface area (Å²) in [7, 11) is 0. The SMILES string of the molecule is CC(C)c1ccc(CCNC(=O)COC(=O)CCN2C(=O)[C@@H]3CC=CC[C@H]3C2=O)cc1. The van der Waals surface area contributed by atoms with Crippen LogP contribution in [0.1, 0.15) is 50.2 Å². The monoisotopic (exact) mass is 426 g/mol. The minimum absolute atomic E-state index is 0.00249. The second-order valence-electron chi connectivity index (χ2n) is 8.39. The number of fused-ring (bicyclic) bond motifs is 1. The first-order valence-corrected chi connectivity index (χ1v) is 10.9. The van der Waals surface area contributed by atoms with Crippen LogP contribution in [0.2, 0.25) is 0 Å². The third-order valence-corrected chi connectivity index (χ3v) is 5.88. The Balaban J connectivity index is 1.33. The Hall–Kier alpha value is -2.96. The number of esters is 1. The molecule has 0 unspecified atom stereocenters. The maximum Gasteiger partial charge on any atom is 0.308 e. The summed E-state index contributed by atoms with van der Waals surface area (Å²) in [6.07, 6.45) is 5.55. The Bertz CT molecular complexity index is 833. The molecule has 31 heavy (non-hydrogen) atoms. The number of hydrogen-bond acceptors (Lipinski definition) is 5. The van der Waals surface area contributed by atoms with E-state index in [4.69, 9.17) is 4.74 Å². The molecule has 1 aliphatic carbocycles. The number of likely N-dealkylation sites (tertiary alicyclic amines) is 1. The smallest absolute Gasteiger partial charge is 0.308 e. The lowest BCUT2D eigenvalue weighted by Crippen LogP contribution is -2.34. The van der Waals surface area contributed by atoms with Crippen LogP contribution in [0.25, 0.3) is 0 Å². The van der Waals surface area contributed by atoms with Crippen LogP contribution in [0.3, 0.4) is 0 Å². The van der Waals surface area contributed by atoms with Crippen molar-refractivity contribution in [3.63, 3.8) is 0 Å². The van der Waals surface area contributed by atoms with Gasteiger partial charge in [0.1, 0.15) is 0 Å². The van der Waals surface area contributed by atoms with Crippen LogP contribution in [-0.4, -0.2) is 48.3 Å². The summed E-state index contributed by atoms with van der Waals surface area (Å²) in [4.78, 5) is 49.8. The highest BCUT2D eigenvalue weighted by Gasteiger charge is 2.46. The summed E-state index contributed by atoms with van der Waals surface area (Å²) in [6, 6.07) is 8.28. The van der Waals surface area contributed by atoms with Crippen molar-refractivity contribution in [2.75, 3.05) is 19.7 Å². The van der Waals surface area contributed by atoms with Gasteiger partial charge in [-0.15, -0.1) is 0 Å². The fourth-order valence-electron chi connectivity index (χ4n) is 3.98. The predicted octanol–water partition coefficient (Wildman–Crippen LogP) is 2.35. The van der Waals surface area contributed by atoms with Gasteiger partial charge in [-0.3, -0.25) is 24.1 Å². The fraction of sp³-hybridized carbons (Fsp3) is 0.500. The zero-order valence-corrected chi connectivity index (χ0v) is 18.1. The molecule has 3 rings (SSSR count). The number of hydrogen-bond donors (Lipinski definition) is 1. The van der Waals surface area contributed by atoms with Gasteiger partial charge in [-0.2, -0.15) is 0 Å². The molecule has 3 amide bonds. The van der Waals surface area contributed by atoms with Gasteiger partial charge in [0.05, 0.1) is 18.3 Å². The second-order valence-corrected chi connectivity index (χ2v) is 8.39. The molecular weight excluding hydrogens is 396 g/mol. The second kappa shape index (κ2) is 10.4. The average molecular weight is 427 g/mol. The summed E-state index contributed by atoms with van der Waals surface area (Å²) in [5.41, 5.74) is 2.39. The summed E-state index contributed by atoms with van der Waals surface area (Å²) >= 11 is 0. The summed E-state index contributed by atoms with van der Waals surface area (Å²) in [5.74, 6) is -1.55. The third kappa shape index (κ3) is 5.81. The first-order valence-electron chi connectivity index (χ1n) is 10.9. The highest BCUT2D eigenvalue weighted by atomic mass is 16.5. The molecule has 1 aromatic rings. The van der Waals surface area contributed by atoms with Crippen LogP contribution >= 0.6 is 0 Å². The average Bonchev–Trinajstić information content (AvgIpc) is 3.01. The zero-order chi connectivity index (χ0) is 22.4. The van der Waals surface area contributed by atoms with Gasteiger partial charge in [0, 0.05) is 13.1 Å². The number of ether oxygens (including phenoxy) is 1. The van der Waals surface area contributed by atoms with E-state index in [2.05, 4.69) is 43.4 Å². The molecule has 1 aromatic carbocycles. The quantitative estimate of drug-likeness (QED) is 0.372. The maximum absolute atomic E-state index is 12.4. The minimum Gasteiger partial charge on any atom is -0.456 e. The minimum atomic E-state index is -0.604. The molecule has 2 atom stereocenters. The van der Waals surface area contributed by atoms with Gasteiger partial charge in [-0.25, -0.2) is 0 Å². The lowest BCUT2D eigenvalue weighted by Gasteiger charge is -2.14. The van der Waals surface area contributed by atoms with E-state index in [1.54, 1.807) is 0 Å². The number of imide groups is 1. The van der Waals surface area contributed by atoms with Crippen molar-refractivity contribution in [3.05, 3.63) is 47.5 Å². The first kappa shape index (κ1) is 22.7. The number of allylic oxidation sites excluding steroid dienone is 2. The van der Waals surface area contributed by atoms with E-state index < -0.39 is 5.97 Å². The van der Waals surface area contributed by atoms with Crippen LogP contribution in [0.15, 0.2) is 36.4 Å². The third-order valence-electron chi connectivity index (χ3n) is 5.88. The lowest BCUT2D eigenvalue weighted by atomic mass is 9.85. The fourth-order valence-corrected chi connectivity index (χ4v) is 3.98. The molecule has 0 radical (unpaired) electrons. The lowest BCUT2D eigenvalue weighted by molar-refractivity contribution is -0.149. The summed E-state index contributed by atoms with van der Waals surface area (Å²) in [5, 5.41) is 2.73. The molecule has 1 saturated heterocycles. The molecule has 0 bridgehead atoms. The molecule has 0 spiro atoms. The number of carbonyl (C=O) groups excluding carboxylic acids is 4. The summed E-state index contributed by atoms with van der Waals surface area (Å²) in [6.45, 7) is 4.35. The molecular formula is C24H30N2O5. The number of rotatable bonds is 9. The van der Waals surface area contributed by atoms with Gasteiger partial charge in [0.2, 0.25) is 11.8 Å². The largest absolute Gasteiger partial charge is 0.456 e. The Kier molecular flexibility index (Phi) is 7.60. The van der Waals surface area contributed by atoms with Crippen molar-refractivity contribution in [1.82, 2.24) is 10.2 Å². The van der Waals surface area contributed by atoms with Gasteiger partial charge in [-0.1, -0.05) is 50.3 Å². The van der Waals surface area contributed by atoms with Crippen molar-refractivity contribution < 1.29 is 23.9 Å². The molecule has 7 heteroatoms. The van der Waals surface area contributed by atoms with E-state index in [1.165, 1.54) is 5.56 Å². The summed E-state index contributed by atoms with van der Waals surface area (Å²) < 4.78 is 4.99. The van der Waals surface area contributed by atoms with E-state index in [0.717, 1.165) is 10.5 Å². The number of nitrogens with zero attached hydrogens (tertiary/aromatic N) is 1. The number of nitrogens with one attached hydrogen (secondary N) is 1. The van der Waals surface area contributed by atoms with Gasteiger partial charge in [0.15, 0.2) is 6.61 Å². The maximum atomic E-state index is 12.4. The Morgan fingerprint density at radius 1 is 1.06 bits per heavy atom. The van der Waals surface area contributed by atoms with E-state index in [0.29, 0.717) is 31.7 Å². The van der Waals surface area contributed by atoms with Gasteiger partial charge in [-0.05, 0) is 36.3 Å². The molecule has 1 N–H and O–H groups in total. The van der Waals surface area contributed by atoms with E-state index in [-0.39, 0.29) is 49.1 Å². The Morgan fingerprint density at radius 2 is 1.68 bits per heavy atom. The van der Waals surface area contributed by atoms with Crippen molar-refractivity contribution >= 4 is 23.7 Å². The van der Waals surface area contributed by atoms with Crippen LogP contribution in [0.4, 0.5) is 0 Å². The van der Waals surface area contributed by atoms with Crippen molar-refractivity contribution in [3.8, 4) is 0 Å². The zero-order valence-electron chi connectivity index (χ0n) is 18.1. The van der Waals surface area contributed by atoms with Crippen LogP contribution in [-0.2, 0) is 30.3 Å². The van der Waals surface area contributed by atoms with Gasteiger partial charge < -0.3 is 10.1 Å². The molecule has 1 heterocycles. The topological polar surface area (TPSA) is 92.8 Å². The molecule has 2 aliphatic rings. The molecule has 7 nitrogen and oxygen atoms in total. The molecule has 0 aromatic heterocycles. The van der Waals surface area contributed by atoms with E-state index in [9.17, 15) is 19.2 Å². The first-order chi connectivity index (χ1) is 14.9. The van der Waals surface area contributed by atoms with E-state index >= 15 is 0 Å². The van der Waals surface area contributed by atoms with Crippen molar-refractivity contribution in [2.45, 2.75) is 45.4 Å². The highest BCUT2D eigenvalue weighted by molar-refractivity contribution is 6.05. The number of carbonyl (C=O) groups is 4. The number of benzene rings is 1. The van der Waals surface area contributed by atoms with Gasteiger partial charge >= 0.3 is 5.97 Å². The normalized spacial score (nSPS) is 20.2. The van der Waals surface area contributed by atoms with Crippen LogP contribution in [0.5, 0.6) is 0 Å².